The van der Waals surface area contributed by atoms with Gasteiger partial charge in [0, 0.05) is 13.5 Å². The summed E-state index contributed by atoms with van der Waals surface area (Å²) < 4.78 is 15.8. The van der Waals surface area contributed by atoms with E-state index in [0.717, 1.165) is 18.1 Å². The molecule has 1 amide bonds. The van der Waals surface area contributed by atoms with Crippen LogP contribution in [0.3, 0.4) is 0 Å². The first-order valence-corrected chi connectivity index (χ1v) is 9.81. The summed E-state index contributed by atoms with van der Waals surface area (Å²) in [4.78, 5) is 49.1. The molecule has 1 fully saturated rings. The molecule has 31 heavy (non-hydrogen) atoms. The predicted octanol–water partition coefficient (Wildman–Crippen LogP) is 2.29. The van der Waals surface area contributed by atoms with Crippen LogP contribution < -0.4 is 0 Å². The van der Waals surface area contributed by atoms with Crippen molar-refractivity contribution in [1.29, 1.82) is 0 Å². The van der Waals surface area contributed by atoms with Gasteiger partial charge in [0.1, 0.15) is 6.61 Å². The molecule has 0 N–H and O–H groups in total. The molecule has 0 unspecified atom stereocenters. The van der Waals surface area contributed by atoms with Gasteiger partial charge in [0.15, 0.2) is 18.5 Å². The lowest BCUT2D eigenvalue weighted by Gasteiger charge is -2.23. The lowest BCUT2D eigenvalue weighted by molar-refractivity contribution is -0.167. The Bertz CT molecular complexity index is 916. The summed E-state index contributed by atoms with van der Waals surface area (Å²) in [7, 11) is 0. The highest BCUT2D eigenvalue weighted by molar-refractivity contribution is 5.76. The standard InChI is InChI=1S/C23H23NO7/c1-16(26)30-20(14-25)22(31-21(27)12-17-8-4-2-5-9-17)19-13-24(19)23(28)29-15-18-10-6-3-7-11-18/h2-11,14,19-20,22H,12-13,15H2,1H3/t19-,20+,22+,24?/m0/s1. The molecule has 0 bridgehead atoms. The maximum absolute atomic E-state index is 12.4. The summed E-state index contributed by atoms with van der Waals surface area (Å²) in [6.45, 7) is 1.45. The Morgan fingerprint density at radius 1 is 1.00 bits per heavy atom. The van der Waals surface area contributed by atoms with E-state index in [1.54, 1.807) is 24.3 Å². The Morgan fingerprint density at radius 2 is 1.61 bits per heavy atom. The Balaban J connectivity index is 1.63. The number of esters is 2. The van der Waals surface area contributed by atoms with Crippen LogP contribution in [-0.4, -0.2) is 54.0 Å². The molecule has 1 heterocycles. The van der Waals surface area contributed by atoms with E-state index >= 15 is 0 Å². The predicted molar refractivity (Wildman–Crippen MR) is 109 cm³/mol. The van der Waals surface area contributed by atoms with E-state index < -0.39 is 36.3 Å². The van der Waals surface area contributed by atoms with Gasteiger partial charge in [0.2, 0.25) is 0 Å². The van der Waals surface area contributed by atoms with Crippen molar-refractivity contribution in [3.63, 3.8) is 0 Å². The van der Waals surface area contributed by atoms with Crippen molar-refractivity contribution in [2.75, 3.05) is 6.54 Å². The molecular formula is C23H23NO7. The fourth-order valence-electron chi connectivity index (χ4n) is 3.13. The quantitative estimate of drug-likeness (QED) is 0.263. The lowest BCUT2D eigenvalue weighted by atomic mass is 10.1. The van der Waals surface area contributed by atoms with E-state index in [1.165, 1.54) is 4.90 Å². The van der Waals surface area contributed by atoms with Gasteiger partial charge in [-0.1, -0.05) is 60.7 Å². The van der Waals surface area contributed by atoms with Crippen molar-refractivity contribution in [3.05, 3.63) is 71.8 Å². The van der Waals surface area contributed by atoms with Gasteiger partial charge in [-0.15, -0.1) is 0 Å². The molecule has 3 rings (SSSR count). The van der Waals surface area contributed by atoms with Crippen LogP contribution in [0.15, 0.2) is 60.7 Å². The number of ether oxygens (including phenoxy) is 3. The zero-order valence-electron chi connectivity index (χ0n) is 17.0. The van der Waals surface area contributed by atoms with Crippen LogP contribution in [0.5, 0.6) is 0 Å². The van der Waals surface area contributed by atoms with Gasteiger partial charge in [-0.25, -0.2) is 4.79 Å². The van der Waals surface area contributed by atoms with Crippen LogP contribution in [0.25, 0.3) is 0 Å². The number of nitrogens with zero attached hydrogens (tertiary/aromatic N) is 1. The minimum Gasteiger partial charge on any atom is -0.455 e. The zero-order valence-corrected chi connectivity index (χ0v) is 17.0. The van der Waals surface area contributed by atoms with Crippen LogP contribution >= 0.6 is 0 Å². The minimum absolute atomic E-state index is 0.0197. The normalized spacial score (nSPS) is 16.5. The van der Waals surface area contributed by atoms with E-state index in [1.807, 2.05) is 36.4 Å². The second-order valence-corrected chi connectivity index (χ2v) is 7.09. The SMILES string of the molecule is CC(=O)O[C@H](C=O)[C@H](OC(=O)Cc1ccccc1)[C@@H]1CN1C(=O)OCc1ccccc1. The van der Waals surface area contributed by atoms with Gasteiger partial charge in [-0.3, -0.25) is 19.3 Å². The third-order valence-corrected chi connectivity index (χ3v) is 4.69. The topological polar surface area (TPSA) is 99.0 Å². The van der Waals surface area contributed by atoms with E-state index in [-0.39, 0.29) is 19.6 Å². The molecule has 2 aromatic rings. The third-order valence-electron chi connectivity index (χ3n) is 4.69. The molecule has 3 atom stereocenters. The van der Waals surface area contributed by atoms with Crippen molar-refractivity contribution < 1.29 is 33.4 Å². The van der Waals surface area contributed by atoms with Crippen molar-refractivity contribution in [3.8, 4) is 0 Å². The molecule has 8 heteroatoms. The fourth-order valence-corrected chi connectivity index (χ4v) is 3.13. The molecule has 1 saturated heterocycles. The molecule has 2 aromatic carbocycles. The van der Waals surface area contributed by atoms with Crippen LogP contribution in [-0.2, 0) is 41.6 Å². The molecule has 0 aromatic heterocycles. The molecule has 0 radical (unpaired) electrons. The zero-order chi connectivity index (χ0) is 22.2. The minimum atomic E-state index is -1.32. The number of aldehydes is 1. The number of carbonyl (C=O) groups is 4. The van der Waals surface area contributed by atoms with Crippen LogP contribution in [0.1, 0.15) is 18.1 Å². The van der Waals surface area contributed by atoms with Crippen molar-refractivity contribution in [2.45, 2.75) is 38.2 Å². The average Bonchev–Trinajstić information content (AvgIpc) is 3.56. The molecule has 0 saturated carbocycles. The number of rotatable bonds is 9. The Labute approximate surface area is 179 Å². The summed E-state index contributed by atoms with van der Waals surface area (Å²) in [5.74, 6) is -1.29. The number of carbonyl (C=O) groups excluding carboxylic acids is 4. The van der Waals surface area contributed by atoms with Crippen molar-refractivity contribution in [2.24, 2.45) is 0 Å². The Morgan fingerprint density at radius 3 is 2.19 bits per heavy atom. The number of amides is 1. The highest BCUT2D eigenvalue weighted by Crippen LogP contribution is 2.28. The fraction of sp³-hybridized carbons (Fsp3) is 0.304. The van der Waals surface area contributed by atoms with E-state index in [2.05, 4.69) is 0 Å². The molecule has 162 valence electrons. The third kappa shape index (κ3) is 6.40. The van der Waals surface area contributed by atoms with Gasteiger partial charge in [-0.2, -0.15) is 0 Å². The summed E-state index contributed by atoms with van der Waals surface area (Å²) in [5, 5.41) is 0. The summed E-state index contributed by atoms with van der Waals surface area (Å²) >= 11 is 0. The molecule has 1 aliphatic heterocycles. The van der Waals surface area contributed by atoms with Gasteiger partial charge < -0.3 is 14.2 Å². The molecule has 8 nitrogen and oxygen atoms in total. The van der Waals surface area contributed by atoms with Crippen LogP contribution in [0.4, 0.5) is 4.79 Å². The largest absolute Gasteiger partial charge is 0.455 e. The second-order valence-electron chi connectivity index (χ2n) is 7.09. The first-order valence-electron chi connectivity index (χ1n) is 9.81. The Kier molecular flexibility index (Phi) is 7.37. The van der Waals surface area contributed by atoms with Gasteiger partial charge >= 0.3 is 18.0 Å². The van der Waals surface area contributed by atoms with Crippen LogP contribution in [0, 0.1) is 0 Å². The lowest BCUT2D eigenvalue weighted by Crippen LogP contribution is -2.42. The summed E-state index contributed by atoms with van der Waals surface area (Å²) in [6.07, 6.45) is -2.68. The maximum Gasteiger partial charge on any atom is 0.410 e. The van der Waals surface area contributed by atoms with Gasteiger partial charge in [0.25, 0.3) is 0 Å². The molecular weight excluding hydrogens is 402 g/mol. The Hall–Kier alpha value is -3.68. The second kappa shape index (κ2) is 10.4. The molecule has 0 spiro atoms. The molecule has 0 aliphatic carbocycles. The van der Waals surface area contributed by atoms with Crippen LogP contribution in [0.2, 0.25) is 0 Å². The van der Waals surface area contributed by atoms with E-state index in [9.17, 15) is 19.2 Å². The highest BCUT2D eigenvalue weighted by Gasteiger charge is 2.51. The van der Waals surface area contributed by atoms with E-state index in [4.69, 9.17) is 14.2 Å². The van der Waals surface area contributed by atoms with Crippen molar-refractivity contribution in [1.82, 2.24) is 4.90 Å². The smallest absolute Gasteiger partial charge is 0.410 e. The first-order chi connectivity index (χ1) is 15.0. The number of hydrogen-bond donors (Lipinski definition) is 0. The van der Waals surface area contributed by atoms with Gasteiger partial charge in [0.05, 0.1) is 12.5 Å². The summed E-state index contributed by atoms with van der Waals surface area (Å²) in [6, 6.07) is 17.5. The van der Waals surface area contributed by atoms with Crippen molar-refractivity contribution >= 4 is 24.3 Å². The summed E-state index contributed by atoms with van der Waals surface area (Å²) in [5.41, 5.74) is 1.56. The number of hydrogen-bond acceptors (Lipinski definition) is 7. The number of benzene rings is 2. The highest BCUT2D eigenvalue weighted by atomic mass is 16.6. The average molecular weight is 425 g/mol. The first kappa shape index (κ1) is 22.0. The molecule has 1 aliphatic rings. The van der Waals surface area contributed by atoms with Gasteiger partial charge in [-0.05, 0) is 11.1 Å². The monoisotopic (exact) mass is 425 g/mol. The maximum atomic E-state index is 12.4. The van der Waals surface area contributed by atoms with E-state index in [0.29, 0.717) is 6.29 Å².